The molecular formula is C16H22O4S. The largest absolute Gasteiger partial charge is 0.369 e. The van der Waals surface area contributed by atoms with Gasteiger partial charge in [-0.25, -0.2) is 8.42 Å². The maximum atomic E-state index is 12.7. The molecule has 0 radical (unpaired) electrons. The average molecular weight is 310 g/mol. The summed E-state index contributed by atoms with van der Waals surface area (Å²) in [6, 6.07) is 6.13. The molecule has 21 heavy (non-hydrogen) atoms. The van der Waals surface area contributed by atoms with Crippen LogP contribution >= 0.6 is 0 Å². The minimum Gasteiger partial charge on any atom is -0.369 e. The number of sulfone groups is 1. The maximum absolute atomic E-state index is 12.7. The first-order chi connectivity index (χ1) is 9.42. The van der Waals surface area contributed by atoms with Crippen LogP contribution in [0.15, 0.2) is 29.2 Å². The minimum atomic E-state index is -3.24. The Morgan fingerprint density at radius 2 is 1.67 bits per heavy atom. The zero-order chi connectivity index (χ0) is 16.1. The minimum absolute atomic E-state index is 0.00521. The Bertz CT molecular complexity index is 654. The molecule has 116 valence electrons. The Kier molecular flexibility index (Phi) is 3.79. The van der Waals surface area contributed by atoms with Crippen molar-refractivity contribution in [2.24, 2.45) is 5.92 Å². The molecule has 1 aromatic carbocycles. The van der Waals surface area contributed by atoms with Crippen molar-refractivity contribution in [1.29, 1.82) is 0 Å². The lowest BCUT2D eigenvalue weighted by Gasteiger charge is -2.26. The zero-order valence-corrected chi connectivity index (χ0v) is 14.0. The van der Waals surface area contributed by atoms with E-state index < -0.39 is 15.4 Å². The monoisotopic (exact) mass is 310 g/mol. The van der Waals surface area contributed by atoms with E-state index in [1.54, 1.807) is 12.1 Å². The van der Waals surface area contributed by atoms with E-state index in [0.717, 1.165) is 6.26 Å². The molecule has 5 heteroatoms. The molecule has 1 atom stereocenters. The van der Waals surface area contributed by atoms with Crippen LogP contribution in [0, 0.1) is 5.92 Å². The molecule has 1 aromatic rings. The van der Waals surface area contributed by atoms with Crippen molar-refractivity contribution < 1.29 is 17.9 Å². The Balaban J connectivity index is 2.29. The van der Waals surface area contributed by atoms with Crippen LogP contribution in [0.5, 0.6) is 0 Å². The summed E-state index contributed by atoms with van der Waals surface area (Å²) in [5.41, 5.74) is -0.311. The van der Waals surface area contributed by atoms with E-state index in [0.29, 0.717) is 12.0 Å². The third kappa shape index (κ3) is 3.35. The topological polar surface area (TPSA) is 60.4 Å². The molecule has 1 saturated heterocycles. The van der Waals surface area contributed by atoms with Gasteiger partial charge in [-0.15, -0.1) is 0 Å². The van der Waals surface area contributed by atoms with Gasteiger partial charge in [-0.05, 0) is 46.2 Å². The standard InChI is InChI=1S/C16H22O4S/c1-15(2)10-13(16(3,4)20-15)14(17)11-6-8-12(9-7-11)21(5,18)19/h6-9,13H,10H2,1-5H3. The summed E-state index contributed by atoms with van der Waals surface area (Å²) < 4.78 is 28.9. The van der Waals surface area contributed by atoms with Crippen molar-refractivity contribution in [3.63, 3.8) is 0 Å². The van der Waals surface area contributed by atoms with Gasteiger partial charge in [0, 0.05) is 11.8 Å². The fraction of sp³-hybridized carbons (Fsp3) is 0.562. The molecule has 0 saturated carbocycles. The summed E-state index contributed by atoms with van der Waals surface area (Å²) in [6.07, 6.45) is 1.81. The van der Waals surface area contributed by atoms with Crippen molar-refractivity contribution >= 4 is 15.6 Å². The highest BCUT2D eigenvalue weighted by molar-refractivity contribution is 7.90. The normalized spacial score (nSPS) is 24.0. The SMILES string of the molecule is CC1(C)CC(C(=O)c2ccc(S(C)(=O)=O)cc2)C(C)(C)O1. The number of hydrogen-bond acceptors (Lipinski definition) is 4. The van der Waals surface area contributed by atoms with E-state index in [2.05, 4.69) is 0 Å². The highest BCUT2D eigenvalue weighted by Gasteiger charge is 2.49. The molecule has 0 spiro atoms. The quantitative estimate of drug-likeness (QED) is 0.805. The van der Waals surface area contributed by atoms with Crippen molar-refractivity contribution in [3.8, 4) is 0 Å². The summed E-state index contributed by atoms with van der Waals surface area (Å²) in [6.45, 7) is 7.81. The van der Waals surface area contributed by atoms with Gasteiger partial charge < -0.3 is 4.74 Å². The van der Waals surface area contributed by atoms with E-state index >= 15 is 0 Å². The van der Waals surface area contributed by atoms with Gasteiger partial charge in [-0.1, -0.05) is 12.1 Å². The van der Waals surface area contributed by atoms with Crippen LogP contribution in [0.2, 0.25) is 0 Å². The number of rotatable bonds is 3. The number of ether oxygens (including phenoxy) is 1. The second kappa shape index (κ2) is 4.92. The lowest BCUT2D eigenvalue weighted by atomic mass is 9.82. The molecule has 0 aliphatic carbocycles. The van der Waals surface area contributed by atoms with Crippen molar-refractivity contribution in [2.45, 2.75) is 50.2 Å². The molecule has 0 aromatic heterocycles. The fourth-order valence-corrected chi connectivity index (χ4v) is 3.67. The maximum Gasteiger partial charge on any atom is 0.175 e. The third-order valence-electron chi connectivity index (χ3n) is 3.96. The van der Waals surface area contributed by atoms with Crippen molar-refractivity contribution in [3.05, 3.63) is 29.8 Å². The van der Waals surface area contributed by atoms with Crippen LogP contribution in [0.4, 0.5) is 0 Å². The van der Waals surface area contributed by atoms with Crippen molar-refractivity contribution in [1.82, 2.24) is 0 Å². The fourth-order valence-electron chi connectivity index (χ4n) is 3.04. The molecule has 0 N–H and O–H groups in total. The highest BCUT2D eigenvalue weighted by atomic mass is 32.2. The predicted molar refractivity (Wildman–Crippen MR) is 81.2 cm³/mol. The third-order valence-corrected chi connectivity index (χ3v) is 5.09. The molecule has 0 amide bonds. The Hall–Kier alpha value is -1.20. The first-order valence-electron chi connectivity index (χ1n) is 6.97. The highest BCUT2D eigenvalue weighted by Crippen LogP contribution is 2.43. The number of ketones is 1. The van der Waals surface area contributed by atoms with Crippen LogP contribution in [-0.2, 0) is 14.6 Å². The number of hydrogen-bond donors (Lipinski definition) is 0. The molecule has 4 nitrogen and oxygen atoms in total. The first-order valence-corrected chi connectivity index (χ1v) is 8.86. The van der Waals surface area contributed by atoms with Gasteiger partial charge in [0.25, 0.3) is 0 Å². The Labute approximate surface area is 126 Å². The van der Waals surface area contributed by atoms with Crippen LogP contribution in [0.25, 0.3) is 0 Å². The van der Waals surface area contributed by atoms with Gasteiger partial charge in [0.1, 0.15) is 0 Å². The molecule has 0 bridgehead atoms. The summed E-state index contributed by atoms with van der Waals surface area (Å²) >= 11 is 0. The van der Waals surface area contributed by atoms with E-state index in [4.69, 9.17) is 4.74 Å². The number of benzene rings is 1. The van der Waals surface area contributed by atoms with Crippen LogP contribution < -0.4 is 0 Å². The van der Waals surface area contributed by atoms with Crippen LogP contribution in [0.1, 0.15) is 44.5 Å². The lowest BCUT2D eigenvalue weighted by molar-refractivity contribution is -0.0712. The van der Waals surface area contributed by atoms with Gasteiger partial charge >= 0.3 is 0 Å². The molecular weight excluding hydrogens is 288 g/mol. The zero-order valence-electron chi connectivity index (χ0n) is 13.1. The van der Waals surface area contributed by atoms with Crippen molar-refractivity contribution in [2.75, 3.05) is 6.26 Å². The second-order valence-corrected chi connectivity index (χ2v) is 8.90. The average Bonchev–Trinajstić information content (AvgIpc) is 2.55. The molecule has 1 heterocycles. The van der Waals surface area contributed by atoms with Crippen LogP contribution in [0.3, 0.4) is 0 Å². The second-order valence-electron chi connectivity index (χ2n) is 6.88. The van der Waals surface area contributed by atoms with Gasteiger partial charge in [0.15, 0.2) is 15.6 Å². The van der Waals surface area contributed by atoms with Gasteiger partial charge in [-0.3, -0.25) is 4.79 Å². The smallest absolute Gasteiger partial charge is 0.175 e. The lowest BCUT2D eigenvalue weighted by Crippen LogP contribution is -2.33. The van der Waals surface area contributed by atoms with E-state index in [9.17, 15) is 13.2 Å². The summed E-state index contributed by atoms with van der Waals surface area (Å²) in [4.78, 5) is 12.9. The number of carbonyl (C=O) groups excluding carboxylic acids is 1. The summed E-state index contributed by atoms with van der Waals surface area (Å²) in [7, 11) is -3.24. The first kappa shape index (κ1) is 16.2. The molecule has 1 unspecified atom stereocenters. The summed E-state index contributed by atoms with van der Waals surface area (Å²) in [5, 5.41) is 0. The Morgan fingerprint density at radius 3 is 2.05 bits per heavy atom. The number of Topliss-reactive ketones (excluding diaryl/α,β-unsaturated/α-hetero) is 1. The molecule has 1 aliphatic rings. The van der Waals surface area contributed by atoms with Gasteiger partial charge in [0.05, 0.1) is 22.0 Å². The van der Waals surface area contributed by atoms with E-state index in [1.165, 1.54) is 12.1 Å². The van der Waals surface area contributed by atoms with Crippen LogP contribution in [-0.4, -0.2) is 31.7 Å². The van der Waals surface area contributed by atoms with Gasteiger partial charge in [0.2, 0.25) is 0 Å². The van der Waals surface area contributed by atoms with E-state index in [1.807, 2.05) is 27.7 Å². The Morgan fingerprint density at radius 1 is 1.14 bits per heavy atom. The van der Waals surface area contributed by atoms with E-state index in [-0.39, 0.29) is 22.2 Å². The molecule has 2 rings (SSSR count). The summed E-state index contributed by atoms with van der Waals surface area (Å²) in [5.74, 6) is -0.220. The van der Waals surface area contributed by atoms with Gasteiger partial charge in [-0.2, -0.15) is 0 Å². The predicted octanol–water partition coefficient (Wildman–Crippen LogP) is 2.87. The number of carbonyl (C=O) groups is 1. The molecule has 1 fully saturated rings. The molecule has 1 aliphatic heterocycles.